The Labute approximate surface area is 130 Å². The number of ether oxygens (including phenoxy) is 1. The molecule has 114 valence electrons. The average molecular weight is 296 g/mol. The van der Waals surface area contributed by atoms with Crippen molar-refractivity contribution in [2.45, 2.75) is 31.5 Å². The van der Waals surface area contributed by atoms with Crippen molar-refractivity contribution in [2.75, 3.05) is 13.7 Å². The number of amides is 1. The highest BCUT2D eigenvalue weighted by Gasteiger charge is 2.42. The fraction of sp³-hybridized carbons (Fsp3) is 0.389. The van der Waals surface area contributed by atoms with E-state index in [0.717, 1.165) is 42.5 Å². The quantitative estimate of drug-likeness (QED) is 0.926. The van der Waals surface area contributed by atoms with Gasteiger partial charge in [-0.15, -0.1) is 0 Å². The summed E-state index contributed by atoms with van der Waals surface area (Å²) >= 11 is 0. The van der Waals surface area contributed by atoms with Crippen LogP contribution >= 0.6 is 0 Å². The molecule has 0 aliphatic carbocycles. The van der Waals surface area contributed by atoms with Crippen molar-refractivity contribution in [1.82, 2.24) is 10.2 Å². The molecule has 2 saturated heterocycles. The van der Waals surface area contributed by atoms with Crippen molar-refractivity contribution in [3.8, 4) is 5.75 Å². The molecule has 0 saturated carbocycles. The van der Waals surface area contributed by atoms with Gasteiger partial charge in [0.1, 0.15) is 11.9 Å². The van der Waals surface area contributed by atoms with Crippen LogP contribution in [0, 0.1) is 0 Å². The zero-order chi connectivity index (χ0) is 15.1. The van der Waals surface area contributed by atoms with Crippen LogP contribution in [-0.2, 0) is 4.79 Å². The molecule has 0 radical (unpaired) electrons. The van der Waals surface area contributed by atoms with E-state index in [4.69, 9.17) is 4.74 Å². The third kappa shape index (κ3) is 1.98. The molecular formula is C18H20N2O2. The smallest absolute Gasteiger partial charge is 0.238 e. The molecule has 0 aromatic heterocycles. The molecule has 1 N–H and O–H groups in total. The Kier molecular flexibility index (Phi) is 3.26. The minimum absolute atomic E-state index is 0.0161. The van der Waals surface area contributed by atoms with Gasteiger partial charge < -0.3 is 10.1 Å². The van der Waals surface area contributed by atoms with E-state index in [9.17, 15) is 4.79 Å². The van der Waals surface area contributed by atoms with E-state index in [0.29, 0.717) is 0 Å². The number of nitrogens with one attached hydrogen (secondary N) is 1. The summed E-state index contributed by atoms with van der Waals surface area (Å²) in [4.78, 5) is 14.6. The molecule has 2 aromatic rings. The predicted octanol–water partition coefficient (Wildman–Crippen LogP) is 2.83. The Balaban J connectivity index is 1.88. The SMILES string of the molecule is COc1ccc2ccccc2c1[C@H]1NC(=O)[C@H]2CCCCN21. The lowest BCUT2D eigenvalue weighted by Crippen LogP contribution is -2.38. The Morgan fingerprint density at radius 3 is 2.91 bits per heavy atom. The van der Waals surface area contributed by atoms with E-state index in [-0.39, 0.29) is 18.1 Å². The first-order valence-corrected chi connectivity index (χ1v) is 7.91. The number of methoxy groups -OCH3 is 1. The summed E-state index contributed by atoms with van der Waals surface area (Å²) in [6.07, 6.45) is 3.15. The second-order valence-corrected chi connectivity index (χ2v) is 6.06. The highest BCUT2D eigenvalue weighted by atomic mass is 16.5. The van der Waals surface area contributed by atoms with Gasteiger partial charge in [0.05, 0.1) is 13.2 Å². The van der Waals surface area contributed by atoms with Gasteiger partial charge in [-0.05, 0) is 29.7 Å². The van der Waals surface area contributed by atoms with Crippen LogP contribution in [0.1, 0.15) is 31.0 Å². The van der Waals surface area contributed by atoms with Crippen LogP contribution in [0.3, 0.4) is 0 Å². The van der Waals surface area contributed by atoms with E-state index in [2.05, 4.69) is 28.4 Å². The van der Waals surface area contributed by atoms with Crippen molar-refractivity contribution in [1.29, 1.82) is 0 Å². The zero-order valence-corrected chi connectivity index (χ0v) is 12.7. The number of nitrogens with zero attached hydrogens (tertiary/aromatic N) is 1. The van der Waals surface area contributed by atoms with Gasteiger partial charge in [0.2, 0.25) is 5.91 Å². The summed E-state index contributed by atoms with van der Waals surface area (Å²) < 4.78 is 5.60. The van der Waals surface area contributed by atoms with Crippen LogP contribution in [0.5, 0.6) is 5.75 Å². The summed E-state index contributed by atoms with van der Waals surface area (Å²) in [7, 11) is 1.69. The van der Waals surface area contributed by atoms with Crippen molar-refractivity contribution < 1.29 is 9.53 Å². The van der Waals surface area contributed by atoms with Crippen LogP contribution in [0.25, 0.3) is 10.8 Å². The van der Waals surface area contributed by atoms with Gasteiger partial charge >= 0.3 is 0 Å². The monoisotopic (exact) mass is 296 g/mol. The maximum atomic E-state index is 12.3. The van der Waals surface area contributed by atoms with Crippen LogP contribution in [0.2, 0.25) is 0 Å². The predicted molar refractivity (Wildman–Crippen MR) is 85.7 cm³/mol. The molecule has 2 atom stereocenters. The lowest BCUT2D eigenvalue weighted by atomic mass is 9.98. The first-order chi connectivity index (χ1) is 10.8. The molecule has 2 heterocycles. The summed E-state index contributed by atoms with van der Waals surface area (Å²) in [6.45, 7) is 0.959. The third-order valence-corrected chi connectivity index (χ3v) is 4.88. The second-order valence-electron chi connectivity index (χ2n) is 6.06. The normalized spacial score (nSPS) is 25.0. The Hall–Kier alpha value is -2.07. The largest absolute Gasteiger partial charge is 0.496 e. The number of rotatable bonds is 2. The Morgan fingerprint density at radius 2 is 2.05 bits per heavy atom. The van der Waals surface area contributed by atoms with Gasteiger partial charge in [-0.25, -0.2) is 0 Å². The molecule has 4 heteroatoms. The third-order valence-electron chi connectivity index (χ3n) is 4.88. The highest BCUT2D eigenvalue weighted by molar-refractivity contribution is 5.91. The molecule has 4 rings (SSSR count). The minimum Gasteiger partial charge on any atom is -0.496 e. The average Bonchev–Trinajstić information content (AvgIpc) is 2.91. The molecule has 1 amide bonds. The molecule has 2 fully saturated rings. The fourth-order valence-corrected chi connectivity index (χ4v) is 3.83. The van der Waals surface area contributed by atoms with Crippen LogP contribution < -0.4 is 10.1 Å². The number of carbonyl (C=O) groups is 1. The molecular weight excluding hydrogens is 276 g/mol. The van der Waals surface area contributed by atoms with E-state index in [1.807, 2.05) is 18.2 Å². The Bertz CT molecular complexity index is 728. The number of fused-ring (bicyclic) bond motifs is 2. The van der Waals surface area contributed by atoms with Gasteiger partial charge in [-0.1, -0.05) is 36.8 Å². The van der Waals surface area contributed by atoms with E-state index in [1.54, 1.807) is 7.11 Å². The van der Waals surface area contributed by atoms with E-state index >= 15 is 0 Å². The van der Waals surface area contributed by atoms with Crippen molar-refractivity contribution in [3.63, 3.8) is 0 Å². The maximum absolute atomic E-state index is 12.3. The van der Waals surface area contributed by atoms with Crippen LogP contribution in [0.15, 0.2) is 36.4 Å². The molecule has 22 heavy (non-hydrogen) atoms. The fourth-order valence-electron chi connectivity index (χ4n) is 3.83. The lowest BCUT2D eigenvalue weighted by Gasteiger charge is -2.32. The maximum Gasteiger partial charge on any atom is 0.238 e. The number of hydrogen-bond donors (Lipinski definition) is 1. The molecule has 0 unspecified atom stereocenters. The second kappa shape index (κ2) is 5.29. The van der Waals surface area contributed by atoms with Crippen LogP contribution in [-0.4, -0.2) is 30.5 Å². The Morgan fingerprint density at radius 1 is 1.18 bits per heavy atom. The molecule has 0 bridgehead atoms. The van der Waals surface area contributed by atoms with E-state index in [1.165, 1.54) is 5.39 Å². The number of hydrogen-bond acceptors (Lipinski definition) is 3. The van der Waals surface area contributed by atoms with Gasteiger partial charge in [-0.2, -0.15) is 0 Å². The molecule has 0 spiro atoms. The van der Waals surface area contributed by atoms with Crippen molar-refractivity contribution in [2.24, 2.45) is 0 Å². The zero-order valence-electron chi connectivity index (χ0n) is 12.7. The van der Waals surface area contributed by atoms with Gasteiger partial charge in [0, 0.05) is 12.1 Å². The topological polar surface area (TPSA) is 41.6 Å². The standard InChI is InChI=1S/C18H20N2O2/c1-22-15-10-9-12-6-2-3-7-13(12)16(15)17-19-18(21)14-8-4-5-11-20(14)17/h2-3,6-7,9-10,14,17H,4-5,8,11H2,1H3,(H,19,21)/t14-,17+/m1/s1. The first-order valence-electron chi connectivity index (χ1n) is 7.91. The van der Waals surface area contributed by atoms with Gasteiger partial charge in [0.15, 0.2) is 0 Å². The lowest BCUT2D eigenvalue weighted by molar-refractivity contribution is -0.122. The molecule has 2 aliphatic rings. The van der Waals surface area contributed by atoms with Gasteiger partial charge in [-0.3, -0.25) is 9.69 Å². The van der Waals surface area contributed by atoms with Crippen molar-refractivity contribution in [3.05, 3.63) is 42.0 Å². The number of carbonyl (C=O) groups excluding carboxylic acids is 1. The first kappa shape index (κ1) is 13.6. The molecule has 2 aliphatic heterocycles. The number of benzene rings is 2. The summed E-state index contributed by atoms with van der Waals surface area (Å²) in [5.41, 5.74) is 1.08. The molecule has 4 nitrogen and oxygen atoms in total. The highest BCUT2D eigenvalue weighted by Crippen LogP contribution is 2.39. The molecule has 2 aromatic carbocycles. The van der Waals surface area contributed by atoms with Crippen LogP contribution in [0.4, 0.5) is 0 Å². The van der Waals surface area contributed by atoms with E-state index < -0.39 is 0 Å². The summed E-state index contributed by atoms with van der Waals surface area (Å²) in [5, 5.41) is 5.51. The number of piperidine rings is 1. The summed E-state index contributed by atoms with van der Waals surface area (Å²) in [6, 6.07) is 12.4. The van der Waals surface area contributed by atoms with Crippen molar-refractivity contribution >= 4 is 16.7 Å². The summed E-state index contributed by atoms with van der Waals surface area (Å²) in [5.74, 6) is 0.995. The minimum atomic E-state index is -0.0844. The van der Waals surface area contributed by atoms with Gasteiger partial charge in [0.25, 0.3) is 0 Å².